The second-order valence-corrected chi connectivity index (χ2v) is 21.6. The van der Waals surface area contributed by atoms with E-state index in [4.69, 9.17) is 4.74 Å². The van der Waals surface area contributed by atoms with Gasteiger partial charge in [-0.25, -0.2) is 0 Å². The Hall–Kier alpha value is -6.51. The van der Waals surface area contributed by atoms with Crippen LogP contribution in [-0.2, 0) is 56.7 Å². The molecule has 0 saturated carbocycles. The molecule has 0 spiro atoms. The largest absolute Gasteiger partial charge is 0.506 e. The maximum atomic E-state index is 15.3. The van der Waals surface area contributed by atoms with Gasteiger partial charge in [-0.2, -0.15) is 0 Å². The van der Waals surface area contributed by atoms with Crippen LogP contribution in [0.3, 0.4) is 0 Å². The highest BCUT2D eigenvalue weighted by molar-refractivity contribution is 5.99. The van der Waals surface area contributed by atoms with Crippen molar-refractivity contribution >= 4 is 57.9 Å². The van der Waals surface area contributed by atoms with Crippen LogP contribution in [0.15, 0.2) is 60.8 Å². The molecular weight excluding hydrogens is 951 g/mol. The third-order valence-electron chi connectivity index (χ3n) is 13.8. The lowest BCUT2D eigenvalue weighted by Crippen LogP contribution is -2.60. The van der Waals surface area contributed by atoms with Crippen LogP contribution in [0.5, 0.6) is 5.75 Å². The number of anilines is 1. The molecule has 5 rings (SSSR count). The number of carbonyl (C=O) groups excluding carboxylic acids is 7. The normalized spacial score (nSPS) is 24.5. The van der Waals surface area contributed by atoms with Gasteiger partial charge < -0.3 is 50.8 Å². The number of nitrogens with zero attached hydrogens (tertiary/aromatic N) is 4. The van der Waals surface area contributed by atoms with E-state index in [9.17, 15) is 44.3 Å². The Balaban J connectivity index is 1.68. The summed E-state index contributed by atoms with van der Waals surface area (Å²) in [5, 5.41) is 44.8. The Labute approximate surface area is 434 Å². The molecule has 2 saturated heterocycles. The molecule has 2 fully saturated rings. The first-order chi connectivity index (χ1) is 34.7. The van der Waals surface area contributed by atoms with Gasteiger partial charge in [-0.3, -0.25) is 44.0 Å². The van der Waals surface area contributed by atoms with Crippen molar-refractivity contribution in [3.05, 3.63) is 71.9 Å². The number of aromatic nitrogens is 1. The summed E-state index contributed by atoms with van der Waals surface area (Å²) in [5.74, 6) is -5.79. The molecule has 406 valence electrons. The summed E-state index contributed by atoms with van der Waals surface area (Å²) >= 11 is 0. The molecule has 8 atom stereocenters. The fraction of sp³-hybridized carbons (Fsp3) is 0.574. The maximum Gasteiger partial charge on any atom is 0.245 e. The molecule has 3 aromatic rings. The zero-order valence-electron chi connectivity index (χ0n) is 45.0. The Morgan fingerprint density at radius 1 is 0.703 bits per heavy atom. The molecule has 20 heteroatoms. The van der Waals surface area contributed by atoms with Crippen molar-refractivity contribution in [3.63, 3.8) is 0 Å². The molecule has 8 N–H and O–H groups in total. The topological polar surface area (TPSA) is 268 Å². The number of likely N-dealkylation sites (N-methyl/N-ethyl adjacent to an activating group) is 2. The number of epoxide rings is 1. The number of phenolic OH excluding ortho intramolecular Hbond substituents is 1. The summed E-state index contributed by atoms with van der Waals surface area (Å²) in [5.41, 5.74) is 0.942. The van der Waals surface area contributed by atoms with Crippen LogP contribution in [0.4, 0.5) is 5.69 Å². The minimum Gasteiger partial charge on any atom is -0.506 e. The average Bonchev–Trinajstić information content (AvgIpc) is 4.14. The van der Waals surface area contributed by atoms with E-state index in [1.165, 1.54) is 49.0 Å². The van der Waals surface area contributed by atoms with E-state index < -0.39 is 101 Å². The fourth-order valence-electron chi connectivity index (χ4n) is 9.52. The predicted molar refractivity (Wildman–Crippen MR) is 279 cm³/mol. The van der Waals surface area contributed by atoms with Gasteiger partial charge in [0.05, 0.1) is 12.1 Å². The van der Waals surface area contributed by atoms with Gasteiger partial charge in [-0.15, -0.1) is 5.23 Å². The summed E-state index contributed by atoms with van der Waals surface area (Å²) < 4.78 is 7.86. The van der Waals surface area contributed by atoms with Crippen LogP contribution in [0, 0.1) is 17.8 Å². The van der Waals surface area contributed by atoms with E-state index in [1.807, 2.05) is 72.0 Å². The molecule has 0 radical (unpaired) electrons. The van der Waals surface area contributed by atoms with Gasteiger partial charge in [-0.1, -0.05) is 78.0 Å². The van der Waals surface area contributed by atoms with Gasteiger partial charge in [0, 0.05) is 44.0 Å². The van der Waals surface area contributed by atoms with E-state index in [1.54, 1.807) is 19.1 Å². The smallest absolute Gasteiger partial charge is 0.245 e. The number of hydrogen-bond acceptors (Lipinski definition) is 12. The standard InChI is InChI=1S/C54H79N9O11/c1-13-14-18-37-47(65)59-40(27-35-28-62(54(9,10)46-29-74-46)41-19-16-15-17-36(35)41)53(71)61(12)44(24-32(6)7)51(69)58-39(25-34-20-21-45(64)42(26-34)63(72)73)48(66)55-33(8)52(70)60(11)43(23-31(4)5)50(68)57-38(22-30(2)3)49(67)56-37/h13-17,19-21,26,28,30-33,37-40,43-44,46,64,72-73H,18,22-25,27,29H2,1-12H3,(H,55,66)(H,56,67)(H,57,68)(H,58,69)(H,59,65). The van der Waals surface area contributed by atoms with Crippen molar-refractivity contribution in [2.45, 2.75) is 162 Å². The van der Waals surface area contributed by atoms with E-state index >= 15 is 4.79 Å². The number of para-hydroxylation sites is 1. The molecule has 7 amide bonds. The van der Waals surface area contributed by atoms with Crippen molar-refractivity contribution in [1.82, 2.24) is 41.0 Å². The van der Waals surface area contributed by atoms with Crippen molar-refractivity contribution in [1.29, 1.82) is 0 Å². The molecule has 20 nitrogen and oxygen atoms in total. The summed E-state index contributed by atoms with van der Waals surface area (Å²) in [6.07, 6.45) is 5.44. The molecular formula is C54H79N9O11. The van der Waals surface area contributed by atoms with Crippen LogP contribution in [0.2, 0.25) is 0 Å². The van der Waals surface area contributed by atoms with Crippen LogP contribution >= 0.6 is 0 Å². The zero-order valence-corrected chi connectivity index (χ0v) is 45.0. The van der Waals surface area contributed by atoms with E-state index in [-0.39, 0.29) is 73.2 Å². The minimum atomic E-state index is -1.46. The first-order valence-electron chi connectivity index (χ1n) is 25.6. The summed E-state index contributed by atoms with van der Waals surface area (Å²) in [6, 6.07) is 2.69. The van der Waals surface area contributed by atoms with Crippen LogP contribution in [0.25, 0.3) is 10.9 Å². The van der Waals surface area contributed by atoms with Crippen LogP contribution in [-0.4, -0.2) is 140 Å². The number of rotatable bonds is 15. The molecule has 74 heavy (non-hydrogen) atoms. The lowest BCUT2D eigenvalue weighted by molar-refractivity contribution is -0.144. The average molecular weight is 1030 g/mol. The molecule has 0 aliphatic carbocycles. The summed E-state index contributed by atoms with van der Waals surface area (Å²) in [6.45, 7) is 19.1. The van der Waals surface area contributed by atoms with Gasteiger partial charge in [0.25, 0.3) is 0 Å². The number of benzene rings is 2. The highest BCUT2D eigenvalue weighted by Crippen LogP contribution is 2.36. The monoisotopic (exact) mass is 1030 g/mol. The van der Waals surface area contributed by atoms with Crippen molar-refractivity contribution < 1.29 is 53.8 Å². The lowest BCUT2D eigenvalue weighted by atomic mass is 9.98. The van der Waals surface area contributed by atoms with Gasteiger partial charge in [0.1, 0.15) is 59.8 Å². The van der Waals surface area contributed by atoms with Crippen molar-refractivity contribution in [2.75, 3.05) is 25.9 Å². The first-order valence-corrected chi connectivity index (χ1v) is 25.6. The Morgan fingerprint density at radius 3 is 1.80 bits per heavy atom. The number of nitrogens with one attached hydrogen (secondary N) is 5. The third-order valence-corrected chi connectivity index (χ3v) is 13.8. The summed E-state index contributed by atoms with van der Waals surface area (Å²) in [7, 11) is 2.87. The zero-order chi connectivity index (χ0) is 54.9. The Morgan fingerprint density at radius 2 is 1.23 bits per heavy atom. The quantitative estimate of drug-likeness (QED) is 0.0609. The third kappa shape index (κ3) is 14.6. The second kappa shape index (κ2) is 25.1. The number of ether oxygens (including phenoxy) is 1. The van der Waals surface area contributed by atoms with E-state index in [0.717, 1.165) is 10.9 Å². The van der Waals surface area contributed by atoms with Gasteiger partial charge in [0.2, 0.25) is 41.4 Å². The number of allylic oxidation sites excluding steroid dienone is 1. The Bertz CT molecular complexity index is 2530. The maximum absolute atomic E-state index is 15.3. The highest BCUT2D eigenvalue weighted by atomic mass is 16.8. The number of hydrogen-bond donors (Lipinski definition) is 8. The molecule has 3 heterocycles. The number of amides is 7. The molecule has 1 aromatic heterocycles. The lowest BCUT2D eigenvalue weighted by Gasteiger charge is -2.33. The molecule has 2 aliphatic rings. The van der Waals surface area contributed by atoms with E-state index in [2.05, 4.69) is 45.0 Å². The van der Waals surface area contributed by atoms with Gasteiger partial charge in [-0.05, 0) is 100 Å². The van der Waals surface area contributed by atoms with Gasteiger partial charge in [0.15, 0.2) is 0 Å². The van der Waals surface area contributed by atoms with Crippen molar-refractivity contribution in [3.8, 4) is 5.75 Å². The van der Waals surface area contributed by atoms with Crippen molar-refractivity contribution in [2.24, 2.45) is 17.8 Å². The molecule has 0 bridgehead atoms. The van der Waals surface area contributed by atoms with Gasteiger partial charge >= 0.3 is 0 Å². The molecule has 2 aliphatic heterocycles. The number of fused-ring (bicyclic) bond motifs is 1. The number of aromatic hydroxyl groups is 1. The number of carbonyl (C=O) groups is 7. The van der Waals surface area contributed by atoms with E-state index in [0.29, 0.717) is 12.2 Å². The molecule has 8 unspecified atom stereocenters. The predicted octanol–water partition coefficient (Wildman–Crippen LogP) is 4.07. The minimum absolute atomic E-state index is 0.0190. The molecule has 2 aromatic carbocycles. The van der Waals surface area contributed by atoms with Crippen LogP contribution in [0.1, 0.15) is 106 Å². The fourth-order valence-corrected chi connectivity index (χ4v) is 9.52. The van der Waals surface area contributed by atoms with Crippen LogP contribution < -0.4 is 31.8 Å². The Kier molecular flexibility index (Phi) is 19.8. The first kappa shape index (κ1) is 58.4. The number of phenols is 1. The SMILES string of the molecule is CC=CCC1NC(=O)C(CC(C)C)NC(=O)C(CC(C)C)N(C)C(=O)C(C)NC(=O)C(Cc2ccc(O)c(N(O)O)c2)NC(=O)C(CC(C)C)N(C)C(=O)C(Cc2cn(C(C)(C)C3CO3)c3ccccc23)NC1=O. The summed E-state index contributed by atoms with van der Waals surface area (Å²) in [4.78, 5) is 105. The highest BCUT2D eigenvalue weighted by Gasteiger charge is 2.43. The second-order valence-electron chi connectivity index (χ2n) is 21.6.